The van der Waals surface area contributed by atoms with Gasteiger partial charge in [-0.25, -0.2) is 4.79 Å². The van der Waals surface area contributed by atoms with Crippen LogP contribution < -0.4 is 20.1 Å². The van der Waals surface area contributed by atoms with Crippen LogP contribution in [0.5, 0.6) is 11.5 Å². The van der Waals surface area contributed by atoms with Crippen LogP contribution in [-0.2, 0) is 6.42 Å². The van der Waals surface area contributed by atoms with E-state index in [0.717, 1.165) is 5.56 Å². The predicted molar refractivity (Wildman–Crippen MR) is 65.7 cm³/mol. The maximum absolute atomic E-state index is 11.0. The highest BCUT2D eigenvalue weighted by atomic mass is 16.5. The molecule has 2 N–H and O–H groups in total. The van der Waals surface area contributed by atoms with Crippen LogP contribution in [0, 0.1) is 0 Å². The van der Waals surface area contributed by atoms with Gasteiger partial charge in [0.15, 0.2) is 11.5 Å². The Morgan fingerprint density at radius 1 is 1.29 bits per heavy atom. The Kier molecular flexibility index (Phi) is 5.13. The number of carbonyl (C=O) groups is 1. The largest absolute Gasteiger partial charge is 0.493 e. The minimum Gasteiger partial charge on any atom is -0.493 e. The summed E-state index contributed by atoms with van der Waals surface area (Å²) in [6, 6.07) is 5.50. The molecule has 0 heterocycles. The zero-order valence-corrected chi connectivity index (χ0v) is 10.4. The van der Waals surface area contributed by atoms with Crippen LogP contribution in [-0.4, -0.2) is 33.8 Å². The molecule has 1 aromatic carbocycles. The van der Waals surface area contributed by atoms with E-state index in [1.54, 1.807) is 21.3 Å². The summed E-state index contributed by atoms with van der Waals surface area (Å²) in [5.74, 6) is 1.42. The van der Waals surface area contributed by atoms with Crippen molar-refractivity contribution < 1.29 is 14.3 Å². The molecule has 0 radical (unpaired) electrons. The number of hydrogen-bond acceptors (Lipinski definition) is 3. The van der Waals surface area contributed by atoms with Gasteiger partial charge in [0.25, 0.3) is 0 Å². The van der Waals surface area contributed by atoms with E-state index in [4.69, 9.17) is 9.47 Å². The first kappa shape index (κ1) is 13.2. The molecule has 2 amide bonds. The number of hydrogen-bond donors (Lipinski definition) is 2. The Morgan fingerprint density at radius 3 is 2.65 bits per heavy atom. The normalized spacial score (nSPS) is 9.59. The van der Waals surface area contributed by atoms with E-state index in [1.165, 1.54) is 0 Å². The van der Waals surface area contributed by atoms with Crippen molar-refractivity contribution >= 4 is 6.03 Å². The summed E-state index contributed by atoms with van der Waals surface area (Å²) < 4.78 is 10.5. The zero-order valence-electron chi connectivity index (χ0n) is 10.4. The molecule has 0 unspecified atom stereocenters. The topological polar surface area (TPSA) is 59.6 Å². The van der Waals surface area contributed by atoms with Crippen LogP contribution in [0.2, 0.25) is 0 Å². The molecule has 0 aliphatic heterocycles. The summed E-state index contributed by atoms with van der Waals surface area (Å²) in [7, 11) is 4.79. The maximum atomic E-state index is 11.0. The van der Waals surface area contributed by atoms with Crippen molar-refractivity contribution in [2.75, 3.05) is 27.8 Å². The van der Waals surface area contributed by atoms with Gasteiger partial charge in [0.1, 0.15) is 0 Å². The molecule has 0 aromatic heterocycles. The average Bonchev–Trinajstić information content (AvgIpc) is 2.37. The third-order valence-electron chi connectivity index (χ3n) is 2.39. The Bertz CT molecular complexity index is 380. The van der Waals surface area contributed by atoms with Gasteiger partial charge in [-0.2, -0.15) is 0 Å². The number of benzene rings is 1. The monoisotopic (exact) mass is 238 g/mol. The lowest BCUT2D eigenvalue weighted by molar-refractivity contribution is 0.243. The Labute approximate surface area is 101 Å². The Morgan fingerprint density at radius 2 is 2.06 bits per heavy atom. The molecule has 5 nitrogen and oxygen atoms in total. The molecular weight excluding hydrogens is 220 g/mol. The number of urea groups is 1. The number of carbonyl (C=O) groups excluding carboxylic acids is 1. The molecule has 0 spiro atoms. The van der Waals surface area contributed by atoms with Crippen LogP contribution >= 0.6 is 0 Å². The lowest BCUT2D eigenvalue weighted by Gasteiger charge is -2.12. The van der Waals surface area contributed by atoms with Crippen molar-refractivity contribution in [1.29, 1.82) is 0 Å². The van der Waals surface area contributed by atoms with Crippen LogP contribution in [0.25, 0.3) is 0 Å². The van der Waals surface area contributed by atoms with E-state index in [1.807, 2.05) is 18.2 Å². The fourth-order valence-corrected chi connectivity index (χ4v) is 1.55. The highest BCUT2D eigenvalue weighted by molar-refractivity contribution is 5.73. The fourth-order valence-electron chi connectivity index (χ4n) is 1.55. The van der Waals surface area contributed by atoms with E-state index in [9.17, 15) is 4.79 Å². The lowest BCUT2D eigenvalue weighted by Crippen LogP contribution is -2.34. The van der Waals surface area contributed by atoms with Crippen molar-refractivity contribution in [3.63, 3.8) is 0 Å². The molecule has 0 fully saturated rings. The van der Waals surface area contributed by atoms with Crippen molar-refractivity contribution in [3.8, 4) is 11.5 Å². The van der Waals surface area contributed by atoms with E-state index < -0.39 is 0 Å². The summed E-state index contributed by atoms with van der Waals surface area (Å²) in [4.78, 5) is 11.0. The van der Waals surface area contributed by atoms with Gasteiger partial charge >= 0.3 is 6.03 Å². The molecular formula is C12H18N2O3. The van der Waals surface area contributed by atoms with Crippen molar-refractivity contribution in [2.45, 2.75) is 6.42 Å². The molecule has 17 heavy (non-hydrogen) atoms. The van der Waals surface area contributed by atoms with Gasteiger partial charge in [0.2, 0.25) is 0 Å². The van der Waals surface area contributed by atoms with Gasteiger partial charge in [0, 0.05) is 13.6 Å². The zero-order chi connectivity index (χ0) is 12.7. The van der Waals surface area contributed by atoms with Crippen LogP contribution in [0.4, 0.5) is 4.79 Å². The predicted octanol–water partition coefficient (Wildman–Crippen LogP) is 1.18. The molecule has 0 aliphatic rings. The highest BCUT2D eigenvalue weighted by Gasteiger charge is 2.09. The third kappa shape index (κ3) is 3.55. The molecule has 5 heteroatoms. The van der Waals surface area contributed by atoms with Crippen LogP contribution in [0.15, 0.2) is 18.2 Å². The fraction of sp³-hybridized carbons (Fsp3) is 0.417. The first-order valence-electron chi connectivity index (χ1n) is 5.38. The van der Waals surface area contributed by atoms with Gasteiger partial charge in [-0.05, 0) is 18.1 Å². The minimum absolute atomic E-state index is 0.188. The molecule has 0 atom stereocenters. The number of amides is 2. The van der Waals surface area contributed by atoms with E-state index in [0.29, 0.717) is 24.5 Å². The van der Waals surface area contributed by atoms with Gasteiger partial charge in [-0.3, -0.25) is 0 Å². The van der Waals surface area contributed by atoms with Gasteiger partial charge in [0.05, 0.1) is 14.2 Å². The number of para-hydroxylation sites is 1. The molecule has 1 aromatic rings. The van der Waals surface area contributed by atoms with E-state index in [2.05, 4.69) is 10.6 Å². The van der Waals surface area contributed by atoms with Crippen LogP contribution in [0.3, 0.4) is 0 Å². The smallest absolute Gasteiger partial charge is 0.314 e. The second-order valence-electron chi connectivity index (χ2n) is 3.41. The summed E-state index contributed by atoms with van der Waals surface area (Å²) in [5.41, 5.74) is 1.00. The highest BCUT2D eigenvalue weighted by Crippen LogP contribution is 2.30. The minimum atomic E-state index is -0.188. The molecule has 0 saturated heterocycles. The van der Waals surface area contributed by atoms with Gasteiger partial charge in [-0.15, -0.1) is 0 Å². The number of methoxy groups -OCH3 is 2. The van der Waals surface area contributed by atoms with E-state index in [-0.39, 0.29) is 6.03 Å². The molecule has 94 valence electrons. The summed E-state index contributed by atoms with van der Waals surface area (Å²) in [6.07, 6.45) is 0.688. The van der Waals surface area contributed by atoms with Crippen molar-refractivity contribution in [1.82, 2.24) is 10.6 Å². The lowest BCUT2D eigenvalue weighted by atomic mass is 10.1. The molecule has 1 rings (SSSR count). The third-order valence-corrected chi connectivity index (χ3v) is 2.39. The van der Waals surface area contributed by atoms with Gasteiger partial charge < -0.3 is 20.1 Å². The summed E-state index contributed by atoms with van der Waals surface area (Å²) in [5, 5.41) is 5.22. The standard InChI is InChI=1S/C12H18N2O3/c1-13-12(15)14-8-7-9-5-4-6-10(16-2)11(9)17-3/h4-6H,7-8H2,1-3H3,(H2,13,14,15). The first-order chi connectivity index (χ1) is 8.22. The summed E-state index contributed by atoms with van der Waals surface area (Å²) in [6.45, 7) is 0.545. The second-order valence-corrected chi connectivity index (χ2v) is 3.41. The quantitative estimate of drug-likeness (QED) is 0.809. The average molecular weight is 238 g/mol. The second kappa shape index (κ2) is 6.62. The number of rotatable bonds is 5. The van der Waals surface area contributed by atoms with E-state index >= 15 is 0 Å². The summed E-state index contributed by atoms with van der Waals surface area (Å²) >= 11 is 0. The number of nitrogens with one attached hydrogen (secondary N) is 2. The van der Waals surface area contributed by atoms with Crippen LogP contribution in [0.1, 0.15) is 5.56 Å². The van der Waals surface area contributed by atoms with Crippen molar-refractivity contribution in [3.05, 3.63) is 23.8 Å². The molecule has 0 bridgehead atoms. The van der Waals surface area contributed by atoms with Crippen molar-refractivity contribution in [2.24, 2.45) is 0 Å². The number of ether oxygens (including phenoxy) is 2. The molecule has 0 aliphatic carbocycles. The maximum Gasteiger partial charge on any atom is 0.314 e. The Balaban J connectivity index is 2.67. The SMILES string of the molecule is CNC(=O)NCCc1cccc(OC)c1OC. The Hall–Kier alpha value is -1.91. The molecule has 0 saturated carbocycles. The van der Waals surface area contributed by atoms with Gasteiger partial charge in [-0.1, -0.05) is 12.1 Å². The first-order valence-corrected chi connectivity index (χ1v) is 5.38.